The Balaban J connectivity index is 1.60. The third-order valence-corrected chi connectivity index (χ3v) is 6.39. The standard InChI is InChI=1S/C25H28BrFN2O5/c1-16-13-29(17(2)12-28(16)14-18-3-6-20(27)7-4-18)24(31)15-34-23-9-5-19(26)11-21(23)22(30)8-10-25(32)33/h3-7,9,11,16-17H,8,10,12-15H2,1-2H3,(H,32,33). The number of halogens is 2. The fourth-order valence-electron chi connectivity index (χ4n) is 4.01. The van der Waals surface area contributed by atoms with Crippen molar-refractivity contribution in [1.82, 2.24) is 9.80 Å². The molecule has 3 rings (SSSR count). The van der Waals surface area contributed by atoms with Gasteiger partial charge in [-0.2, -0.15) is 0 Å². The number of amides is 1. The zero-order valence-electron chi connectivity index (χ0n) is 19.2. The van der Waals surface area contributed by atoms with Crippen molar-refractivity contribution in [2.24, 2.45) is 0 Å². The minimum atomic E-state index is -1.05. The van der Waals surface area contributed by atoms with Crippen LogP contribution in [0.15, 0.2) is 46.9 Å². The number of benzene rings is 2. The molecule has 0 bridgehead atoms. The summed E-state index contributed by atoms with van der Waals surface area (Å²) in [6, 6.07) is 11.4. The quantitative estimate of drug-likeness (QED) is 0.486. The van der Waals surface area contributed by atoms with Gasteiger partial charge >= 0.3 is 5.97 Å². The van der Waals surface area contributed by atoms with Gasteiger partial charge in [0.15, 0.2) is 12.4 Å². The molecule has 0 spiro atoms. The summed E-state index contributed by atoms with van der Waals surface area (Å²) >= 11 is 3.31. The van der Waals surface area contributed by atoms with Crippen molar-refractivity contribution in [2.75, 3.05) is 19.7 Å². The number of piperazine rings is 1. The van der Waals surface area contributed by atoms with E-state index in [1.807, 2.05) is 13.8 Å². The summed E-state index contributed by atoms with van der Waals surface area (Å²) in [7, 11) is 0. The minimum absolute atomic E-state index is 0.0469. The number of Topliss-reactive ketones (excluding diaryl/α,β-unsaturated/α-hetero) is 1. The normalized spacial score (nSPS) is 18.5. The number of rotatable bonds is 9. The monoisotopic (exact) mass is 534 g/mol. The molecule has 0 aliphatic carbocycles. The fraction of sp³-hybridized carbons (Fsp3) is 0.400. The van der Waals surface area contributed by atoms with E-state index in [0.717, 1.165) is 5.56 Å². The topological polar surface area (TPSA) is 87.1 Å². The number of hydrogen-bond acceptors (Lipinski definition) is 5. The molecule has 34 heavy (non-hydrogen) atoms. The Bertz CT molecular complexity index is 1050. The minimum Gasteiger partial charge on any atom is -0.483 e. The average Bonchev–Trinajstić information content (AvgIpc) is 2.80. The van der Waals surface area contributed by atoms with E-state index in [4.69, 9.17) is 9.84 Å². The molecule has 2 unspecified atom stereocenters. The third kappa shape index (κ3) is 6.87. The first kappa shape index (κ1) is 25.8. The maximum atomic E-state index is 13.2. The summed E-state index contributed by atoms with van der Waals surface area (Å²) in [5.41, 5.74) is 1.26. The van der Waals surface area contributed by atoms with Crippen LogP contribution in [0.5, 0.6) is 5.75 Å². The van der Waals surface area contributed by atoms with Gasteiger partial charge in [0, 0.05) is 42.6 Å². The number of carbonyl (C=O) groups excluding carboxylic acids is 2. The van der Waals surface area contributed by atoms with E-state index in [1.54, 1.807) is 35.2 Å². The lowest BCUT2D eigenvalue weighted by Gasteiger charge is -2.44. The molecule has 0 saturated carbocycles. The van der Waals surface area contributed by atoms with Crippen molar-refractivity contribution < 1.29 is 28.6 Å². The Morgan fingerprint density at radius 2 is 1.76 bits per heavy atom. The highest BCUT2D eigenvalue weighted by Gasteiger charge is 2.32. The number of carbonyl (C=O) groups is 3. The largest absolute Gasteiger partial charge is 0.483 e. The van der Waals surface area contributed by atoms with E-state index in [1.165, 1.54) is 12.1 Å². The van der Waals surface area contributed by atoms with Gasteiger partial charge in [-0.15, -0.1) is 0 Å². The summed E-state index contributed by atoms with van der Waals surface area (Å²) in [5.74, 6) is -1.61. The van der Waals surface area contributed by atoms with Gasteiger partial charge in [0.25, 0.3) is 5.91 Å². The van der Waals surface area contributed by atoms with Crippen LogP contribution in [0, 0.1) is 5.82 Å². The van der Waals surface area contributed by atoms with Gasteiger partial charge in [-0.1, -0.05) is 28.1 Å². The lowest BCUT2D eigenvalue weighted by molar-refractivity contribution is -0.139. The lowest BCUT2D eigenvalue weighted by atomic mass is 10.1. The van der Waals surface area contributed by atoms with Gasteiger partial charge in [0.05, 0.1) is 12.0 Å². The summed E-state index contributed by atoms with van der Waals surface area (Å²) in [6.45, 7) is 5.66. The number of ketones is 1. The summed E-state index contributed by atoms with van der Waals surface area (Å²) < 4.78 is 19.6. The highest BCUT2D eigenvalue weighted by Crippen LogP contribution is 2.26. The number of hydrogen-bond donors (Lipinski definition) is 1. The van der Waals surface area contributed by atoms with Crippen molar-refractivity contribution >= 4 is 33.6 Å². The molecule has 2 atom stereocenters. The molecule has 2 aromatic carbocycles. The Morgan fingerprint density at radius 1 is 1.06 bits per heavy atom. The van der Waals surface area contributed by atoms with Crippen LogP contribution in [0.1, 0.15) is 42.6 Å². The Hall–Kier alpha value is -2.78. The number of carboxylic acid groups (broad SMARTS) is 1. The molecule has 1 aliphatic heterocycles. The van der Waals surface area contributed by atoms with Crippen LogP contribution in [-0.2, 0) is 16.1 Å². The van der Waals surface area contributed by atoms with Crippen molar-refractivity contribution in [3.63, 3.8) is 0 Å². The van der Waals surface area contributed by atoms with Gasteiger partial charge in [0.2, 0.25) is 0 Å². The molecular weight excluding hydrogens is 507 g/mol. The number of ether oxygens (including phenoxy) is 1. The van der Waals surface area contributed by atoms with Crippen LogP contribution >= 0.6 is 15.9 Å². The second kappa shape index (κ2) is 11.6. The van der Waals surface area contributed by atoms with E-state index in [9.17, 15) is 18.8 Å². The smallest absolute Gasteiger partial charge is 0.303 e. The maximum absolute atomic E-state index is 13.2. The van der Waals surface area contributed by atoms with Crippen molar-refractivity contribution in [2.45, 2.75) is 45.3 Å². The first-order chi connectivity index (χ1) is 16.1. The Morgan fingerprint density at radius 3 is 2.44 bits per heavy atom. The van der Waals surface area contributed by atoms with E-state index in [2.05, 4.69) is 20.8 Å². The second-order valence-electron chi connectivity index (χ2n) is 8.55. The molecule has 0 radical (unpaired) electrons. The van der Waals surface area contributed by atoms with Crippen LogP contribution in [0.3, 0.4) is 0 Å². The molecule has 1 heterocycles. The van der Waals surface area contributed by atoms with Crippen molar-refractivity contribution in [3.8, 4) is 5.75 Å². The number of carboxylic acids is 1. The van der Waals surface area contributed by atoms with Gasteiger partial charge in [-0.05, 0) is 49.7 Å². The maximum Gasteiger partial charge on any atom is 0.303 e. The highest BCUT2D eigenvalue weighted by atomic mass is 79.9. The van der Waals surface area contributed by atoms with Crippen molar-refractivity contribution in [3.05, 3.63) is 63.9 Å². The predicted octanol–water partition coefficient (Wildman–Crippen LogP) is 4.14. The van der Waals surface area contributed by atoms with Crippen LogP contribution in [0.25, 0.3) is 0 Å². The zero-order valence-corrected chi connectivity index (χ0v) is 20.8. The van der Waals surface area contributed by atoms with Gasteiger partial charge < -0.3 is 14.7 Å². The van der Waals surface area contributed by atoms with Crippen LogP contribution in [-0.4, -0.2) is 64.3 Å². The Kier molecular flexibility index (Phi) is 8.79. The van der Waals surface area contributed by atoms with Gasteiger partial charge in [0.1, 0.15) is 11.6 Å². The van der Waals surface area contributed by atoms with Gasteiger partial charge in [-0.25, -0.2) is 4.39 Å². The predicted molar refractivity (Wildman–Crippen MR) is 128 cm³/mol. The van der Waals surface area contributed by atoms with E-state index in [-0.39, 0.29) is 60.4 Å². The first-order valence-electron chi connectivity index (χ1n) is 11.1. The molecule has 1 amide bonds. The molecule has 9 heteroatoms. The van der Waals surface area contributed by atoms with E-state index < -0.39 is 5.97 Å². The molecule has 7 nitrogen and oxygen atoms in total. The average molecular weight is 535 g/mol. The van der Waals surface area contributed by atoms with Crippen LogP contribution in [0.2, 0.25) is 0 Å². The first-order valence-corrected chi connectivity index (χ1v) is 11.9. The van der Waals surface area contributed by atoms with E-state index >= 15 is 0 Å². The van der Waals surface area contributed by atoms with Gasteiger partial charge in [-0.3, -0.25) is 19.3 Å². The fourth-order valence-corrected chi connectivity index (χ4v) is 4.37. The molecular formula is C25H28BrFN2O5. The third-order valence-electron chi connectivity index (χ3n) is 5.89. The molecule has 1 saturated heterocycles. The lowest BCUT2D eigenvalue weighted by Crippen LogP contribution is -2.58. The molecule has 0 aromatic heterocycles. The highest BCUT2D eigenvalue weighted by molar-refractivity contribution is 9.10. The Labute approximate surface area is 206 Å². The molecule has 2 aromatic rings. The summed E-state index contributed by atoms with van der Waals surface area (Å²) in [5, 5.41) is 8.85. The van der Waals surface area contributed by atoms with Crippen LogP contribution < -0.4 is 4.74 Å². The molecule has 182 valence electrons. The number of aliphatic carboxylic acids is 1. The summed E-state index contributed by atoms with van der Waals surface area (Å²) in [6.07, 6.45) is -0.429. The molecule has 1 aliphatic rings. The SMILES string of the molecule is CC1CN(C(=O)COc2ccc(Br)cc2C(=O)CCC(=O)O)C(C)CN1Cc1ccc(F)cc1. The number of nitrogens with zero attached hydrogens (tertiary/aromatic N) is 2. The van der Waals surface area contributed by atoms with Crippen LogP contribution in [0.4, 0.5) is 4.39 Å². The molecule has 1 N–H and O–H groups in total. The molecule has 1 fully saturated rings. The second-order valence-corrected chi connectivity index (χ2v) is 9.46. The zero-order chi connectivity index (χ0) is 24.8. The summed E-state index contributed by atoms with van der Waals surface area (Å²) in [4.78, 5) is 40.3. The van der Waals surface area contributed by atoms with Crippen molar-refractivity contribution in [1.29, 1.82) is 0 Å². The van der Waals surface area contributed by atoms with E-state index in [0.29, 0.717) is 24.1 Å².